The van der Waals surface area contributed by atoms with E-state index in [1.165, 1.54) is 4.31 Å². The van der Waals surface area contributed by atoms with Gasteiger partial charge in [-0.2, -0.15) is 5.10 Å². The minimum Gasteiger partial charge on any atom is -0.267 e. The molecule has 0 saturated carbocycles. The molecule has 222 valence electrons. The number of carbonyl (C=O) groups is 1. The van der Waals surface area contributed by atoms with E-state index in [1.807, 2.05) is 67.6 Å². The van der Waals surface area contributed by atoms with Crippen LogP contribution in [0.2, 0.25) is 5.02 Å². The molecule has 1 N–H and O–H groups in total. The zero-order valence-corrected chi connectivity index (χ0v) is 25.8. The van der Waals surface area contributed by atoms with E-state index >= 15 is 0 Å². The largest absolute Gasteiger partial charge is 0.271 e. The molecule has 1 amide bonds. The van der Waals surface area contributed by atoms with Crippen LogP contribution in [0.4, 0.5) is 5.69 Å². The third kappa shape index (κ3) is 7.81. The zero-order chi connectivity index (χ0) is 30.9. The third-order valence-corrected chi connectivity index (χ3v) is 9.14. The average Bonchev–Trinajstić information content (AvgIpc) is 3.05. The predicted octanol–water partition coefficient (Wildman–Crippen LogP) is 7.62. The van der Waals surface area contributed by atoms with Crippen molar-refractivity contribution in [3.8, 4) is 0 Å². The molecule has 0 fully saturated rings. The van der Waals surface area contributed by atoms with E-state index in [9.17, 15) is 13.2 Å². The van der Waals surface area contributed by atoms with Gasteiger partial charge in [-0.25, -0.2) is 13.8 Å². The van der Waals surface area contributed by atoms with Crippen LogP contribution in [0.15, 0.2) is 143 Å². The fraction of sp³-hybridized carbons (Fsp3) is 0.111. The van der Waals surface area contributed by atoms with E-state index in [1.54, 1.807) is 72.8 Å². The monoisotopic (exact) mass is 621 g/mol. The zero-order valence-electron chi connectivity index (χ0n) is 24.2. The molecule has 0 atom stereocenters. The summed E-state index contributed by atoms with van der Waals surface area (Å²) in [5, 5.41) is 4.94. The van der Waals surface area contributed by atoms with Gasteiger partial charge >= 0.3 is 0 Å². The molecule has 0 unspecified atom stereocenters. The second-order valence-corrected chi connectivity index (χ2v) is 12.7. The molecule has 0 bridgehead atoms. The van der Waals surface area contributed by atoms with Crippen molar-refractivity contribution in [2.45, 2.75) is 31.2 Å². The molecule has 8 heteroatoms. The molecule has 0 aliphatic heterocycles. The van der Waals surface area contributed by atoms with Crippen LogP contribution < -0.4 is 9.73 Å². The highest BCUT2D eigenvalue weighted by Crippen LogP contribution is 2.31. The molecule has 5 rings (SSSR count). The van der Waals surface area contributed by atoms with E-state index < -0.39 is 10.0 Å². The van der Waals surface area contributed by atoms with Gasteiger partial charge in [0, 0.05) is 29.1 Å². The van der Waals surface area contributed by atoms with Crippen molar-refractivity contribution in [3.05, 3.63) is 166 Å². The van der Waals surface area contributed by atoms with E-state index in [-0.39, 0.29) is 17.3 Å². The standard InChI is InChI=1S/C36H32ClN3O3S/c1-27-17-22-32(37)25-35(27)40(44(42,43)34-15-9-4-10-16-34)26-30-18-20-31(21-19-30)36(41)39-38-33(23-28-11-5-2-6-12-28)24-29-13-7-3-8-14-29/h2-22,25H,23-24,26H2,1H3,(H,39,41). The van der Waals surface area contributed by atoms with Gasteiger partial charge in [0.05, 0.1) is 17.1 Å². The summed E-state index contributed by atoms with van der Waals surface area (Å²) in [5.41, 5.74) is 8.12. The number of rotatable bonds is 11. The number of amides is 1. The summed E-state index contributed by atoms with van der Waals surface area (Å²) >= 11 is 6.28. The number of nitrogens with one attached hydrogen (secondary N) is 1. The van der Waals surface area contributed by atoms with E-state index in [2.05, 4.69) is 10.5 Å². The fourth-order valence-electron chi connectivity index (χ4n) is 4.80. The number of anilines is 1. The Bertz CT molecular complexity index is 1800. The first kappa shape index (κ1) is 30.7. The normalized spacial score (nSPS) is 11.0. The molecule has 5 aromatic rings. The average molecular weight is 622 g/mol. The van der Waals surface area contributed by atoms with E-state index in [0.717, 1.165) is 22.4 Å². The van der Waals surface area contributed by atoms with Gasteiger partial charge in [-0.05, 0) is 65.6 Å². The summed E-state index contributed by atoms with van der Waals surface area (Å²) in [6.45, 7) is 1.90. The molecule has 0 saturated heterocycles. The Morgan fingerprint density at radius 1 is 0.727 bits per heavy atom. The Kier molecular flexibility index (Phi) is 9.89. The number of benzene rings is 5. The van der Waals surface area contributed by atoms with Crippen molar-refractivity contribution >= 4 is 38.9 Å². The minimum atomic E-state index is -3.91. The van der Waals surface area contributed by atoms with Crippen LogP contribution in [-0.2, 0) is 29.4 Å². The number of sulfonamides is 1. The lowest BCUT2D eigenvalue weighted by atomic mass is 10.0. The van der Waals surface area contributed by atoms with Crippen LogP contribution in [0.25, 0.3) is 0 Å². The molecule has 44 heavy (non-hydrogen) atoms. The SMILES string of the molecule is Cc1ccc(Cl)cc1N(Cc1ccc(C(=O)NN=C(Cc2ccccc2)Cc2ccccc2)cc1)S(=O)(=O)c1ccccc1. The molecule has 0 aromatic heterocycles. The summed E-state index contributed by atoms with van der Waals surface area (Å²) in [5.74, 6) is -0.352. The number of halogens is 1. The minimum absolute atomic E-state index is 0.0523. The first-order valence-electron chi connectivity index (χ1n) is 14.2. The van der Waals surface area contributed by atoms with Gasteiger partial charge in [0.25, 0.3) is 15.9 Å². The molecule has 0 aliphatic carbocycles. The number of carbonyl (C=O) groups excluding carboxylic acids is 1. The van der Waals surface area contributed by atoms with Crippen LogP contribution in [0.5, 0.6) is 0 Å². The lowest BCUT2D eigenvalue weighted by Gasteiger charge is -2.26. The summed E-state index contributed by atoms with van der Waals surface area (Å²) < 4.78 is 28.9. The second-order valence-electron chi connectivity index (χ2n) is 10.4. The Morgan fingerprint density at radius 3 is 1.84 bits per heavy atom. The van der Waals surface area contributed by atoms with Crippen molar-refractivity contribution < 1.29 is 13.2 Å². The Hall–Kier alpha value is -4.72. The molecule has 0 heterocycles. The smallest absolute Gasteiger partial charge is 0.267 e. The first-order valence-corrected chi connectivity index (χ1v) is 16.0. The van der Waals surface area contributed by atoms with Gasteiger partial charge in [0.2, 0.25) is 0 Å². The lowest BCUT2D eigenvalue weighted by molar-refractivity contribution is 0.0954. The highest BCUT2D eigenvalue weighted by atomic mass is 35.5. The molecule has 0 radical (unpaired) electrons. The summed E-state index contributed by atoms with van der Waals surface area (Å²) in [6, 6.07) is 40.3. The van der Waals surface area contributed by atoms with Crippen LogP contribution in [0.1, 0.15) is 32.6 Å². The Labute approximate surface area is 263 Å². The summed E-state index contributed by atoms with van der Waals surface area (Å²) in [4.78, 5) is 13.3. The van der Waals surface area contributed by atoms with Crippen LogP contribution in [0.3, 0.4) is 0 Å². The molecule has 0 aliphatic rings. The van der Waals surface area contributed by atoms with E-state index in [0.29, 0.717) is 34.7 Å². The van der Waals surface area contributed by atoms with E-state index in [4.69, 9.17) is 11.6 Å². The van der Waals surface area contributed by atoms with Crippen LogP contribution in [0, 0.1) is 6.92 Å². The van der Waals surface area contributed by atoms with Crippen LogP contribution in [-0.4, -0.2) is 20.0 Å². The first-order chi connectivity index (χ1) is 21.3. The highest BCUT2D eigenvalue weighted by molar-refractivity contribution is 7.92. The third-order valence-electron chi connectivity index (χ3n) is 7.13. The number of aryl methyl sites for hydroxylation is 1. The maximum atomic E-state index is 13.8. The fourth-order valence-corrected chi connectivity index (χ4v) is 6.49. The quantitative estimate of drug-likeness (QED) is 0.122. The predicted molar refractivity (Wildman–Crippen MR) is 178 cm³/mol. The highest BCUT2D eigenvalue weighted by Gasteiger charge is 2.26. The van der Waals surface area contributed by atoms with Crippen LogP contribution >= 0.6 is 11.6 Å². The van der Waals surface area contributed by atoms with Crippen molar-refractivity contribution in [1.29, 1.82) is 0 Å². The number of hydrogen-bond acceptors (Lipinski definition) is 4. The number of hydrogen-bond donors (Lipinski definition) is 1. The molecule has 5 aromatic carbocycles. The maximum Gasteiger partial charge on any atom is 0.271 e. The molecule has 6 nitrogen and oxygen atoms in total. The van der Waals surface area contributed by atoms with Gasteiger partial charge < -0.3 is 0 Å². The van der Waals surface area contributed by atoms with Crippen molar-refractivity contribution in [2.24, 2.45) is 5.10 Å². The molecule has 0 spiro atoms. The number of hydrazone groups is 1. The summed E-state index contributed by atoms with van der Waals surface area (Å²) in [7, 11) is -3.91. The van der Waals surface area contributed by atoms with Gasteiger partial charge in [-0.1, -0.05) is 109 Å². The van der Waals surface area contributed by atoms with Crippen molar-refractivity contribution in [1.82, 2.24) is 5.43 Å². The molecular weight excluding hydrogens is 590 g/mol. The van der Waals surface area contributed by atoms with Gasteiger partial charge in [0.1, 0.15) is 0 Å². The van der Waals surface area contributed by atoms with Gasteiger partial charge in [-0.3, -0.25) is 9.10 Å². The lowest BCUT2D eigenvalue weighted by Crippen LogP contribution is -2.31. The summed E-state index contributed by atoms with van der Waals surface area (Å²) in [6.07, 6.45) is 1.20. The topological polar surface area (TPSA) is 78.8 Å². The van der Waals surface area contributed by atoms with Gasteiger partial charge in [0.15, 0.2) is 0 Å². The van der Waals surface area contributed by atoms with Gasteiger partial charge in [-0.15, -0.1) is 0 Å². The van der Waals surface area contributed by atoms with Crippen molar-refractivity contribution in [3.63, 3.8) is 0 Å². The van der Waals surface area contributed by atoms with Crippen molar-refractivity contribution in [2.75, 3.05) is 4.31 Å². The number of nitrogens with zero attached hydrogens (tertiary/aromatic N) is 2. The maximum absolute atomic E-state index is 13.8. The molecular formula is C36H32ClN3O3S. The second kappa shape index (κ2) is 14.2. The Balaban J connectivity index is 1.36. The Morgan fingerprint density at radius 2 is 1.27 bits per heavy atom.